The van der Waals surface area contributed by atoms with E-state index in [1.807, 2.05) is 0 Å². The molecule has 26 heavy (non-hydrogen) atoms. The summed E-state index contributed by atoms with van der Waals surface area (Å²) in [6.07, 6.45) is -4.43. The number of benzene rings is 1. The number of alkyl halides is 3. The molecule has 0 spiro atoms. The highest BCUT2D eigenvalue weighted by Crippen LogP contribution is 2.52. The number of nitrogens with zero attached hydrogens (tertiary/aromatic N) is 2. The van der Waals surface area contributed by atoms with Crippen LogP contribution in [0, 0.1) is 0 Å². The molecule has 0 bridgehead atoms. The van der Waals surface area contributed by atoms with Crippen molar-refractivity contribution in [2.75, 3.05) is 0 Å². The summed E-state index contributed by atoms with van der Waals surface area (Å²) >= 11 is 11.7. The number of aryl methyl sites for hydroxylation is 1. The van der Waals surface area contributed by atoms with Crippen LogP contribution in [0.3, 0.4) is 0 Å². The van der Waals surface area contributed by atoms with E-state index in [0.717, 1.165) is 23.1 Å². The lowest BCUT2D eigenvalue weighted by Crippen LogP contribution is -2.42. The number of carbonyl (C=O) groups is 1. The summed E-state index contributed by atoms with van der Waals surface area (Å²) in [4.78, 5) is 11.1. The average Bonchev–Trinajstić information content (AvgIpc) is 3.10. The third-order valence-electron chi connectivity index (χ3n) is 4.06. The summed E-state index contributed by atoms with van der Waals surface area (Å²) in [5, 5.41) is 13.1. The zero-order valence-electron chi connectivity index (χ0n) is 13.1. The standard InChI is InChI=1S/C16H11Cl2F3N2O3/c1-23-13(14(24)25)5-12(22-23)8-6-15(26-7-8,16(19,20)21)9-2-10(17)4-11(18)3-9/h2-5,7H,6H2,1H3,(H,24,25). The highest BCUT2D eigenvalue weighted by Gasteiger charge is 2.60. The van der Waals surface area contributed by atoms with E-state index < -0.39 is 24.2 Å². The monoisotopic (exact) mass is 406 g/mol. The maximum absolute atomic E-state index is 13.9. The van der Waals surface area contributed by atoms with E-state index in [1.54, 1.807) is 0 Å². The SMILES string of the molecule is Cn1nc(C2=COC(c3cc(Cl)cc(Cl)c3)(C(F)(F)F)C2)cc1C(=O)O. The molecule has 5 nitrogen and oxygen atoms in total. The maximum Gasteiger partial charge on any atom is 0.432 e. The normalized spacial score (nSPS) is 20.0. The summed E-state index contributed by atoms with van der Waals surface area (Å²) in [7, 11) is 1.39. The Morgan fingerprint density at radius 2 is 1.88 bits per heavy atom. The van der Waals surface area contributed by atoms with E-state index in [9.17, 15) is 18.0 Å². The highest BCUT2D eigenvalue weighted by molar-refractivity contribution is 6.34. The smallest absolute Gasteiger partial charge is 0.432 e. The van der Waals surface area contributed by atoms with Crippen molar-refractivity contribution in [2.24, 2.45) is 7.05 Å². The van der Waals surface area contributed by atoms with Gasteiger partial charge in [-0.25, -0.2) is 4.79 Å². The van der Waals surface area contributed by atoms with E-state index >= 15 is 0 Å². The van der Waals surface area contributed by atoms with Gasteiger partial charge >= 0.3 is 12.1 Å². The molecule has 1 aliphatic rings. The molecule has 1 atom stereocenters. The number of ether oxygens (including phenoxy) is 1. The van der Waals surface area contributed by atoms with E-state index in [2.05, 4.69) is 5.10 Å². The van der Waals surface area contributed by atoms with Crippen LogP contribution in [0.25, 0.3) is 5.57 Å². The van der Waals surface area contributed by atoms with Crippen LogP contribution < -0.4 is 0 Å². The molecule has 10 heteroatoms. The van der Waals surface area contributed by atoms with Crippen molar-refractivity contribution >= 4 is 34.7 Å². The molecule has 0 fully saturated rings. The van der Waals surface area contributed by atoms with Crippen LogP contribution in [0.4, 0.5) is 13.2 Å². The first kappa shape index (κ1) is 18.6. The molecule has 3 rings (SSSR count). The number of carboxylic acid groups (broad SMARTS) is 1. The van der Waals surface area contributed by atoms with Gasteiger partial charge in [0.25, 0.3) is 0 Å². The second-order valence-electron chi connectivity index (χ2n) is 5.76. The minimum absolute atomic E-state index is 0.0409. The zero-order chi connectivity index (χ0) is 19.3. The Bertz CT molecular complexity index is 904. The fourth-order valence-electron chi connectivity index (χ4n) is 2.79. The number of halogens is 5. The number of carboxylic acids is 1. The first-order valence-corrected chi connectivity index (χ1v) is 7.97. The molecule has 1 aromatic carbocycles. The van der Waals surface area contributed by atoms with Crippen LogP contribution >= 0.6 is 23.2 Å². The van der Waals surface area contributed by atoms with E-state index in [0.29, 0.717) is 0 Å². The molecule has 138 valence electrons. The van der Waals surface area contributed by atoms with Crippen LogP contribution in [0.5, 0.6) is 0 Å². The second-order valence-corrected chi connectivity index (χ2v) is 6.64. The molecule has 0 aliphatic carbocycles. The lowest BCUT2D eigenvalue weighted by molar-refractivity contribution is -0.260. The van der Waals surface area contributed by atoms with Gasteiger partial charge in [0, 0.05) is 34.7 Å². The van der Waals surface area contributed by atoms with Crippen LogP contribution in [0.15, 0.2) is 30.5 Å². The van der Waals surface area contributed by atoms with Gasteiger partial charge < -0.3 is 9.84 Å². The Morgan fingerprint density at radius 3 is 2.38 bits per heavy atom. The summed E-state index contributed by atoms with van der Waals surface area (Å²) in [6.45, 7) is 0. The number of aromatic nitrogens is 2. The molecule has 0 saturated carbocycles. The maximum atomic E-state index is 13.9. The van der Waals surface area contributed by atoms with Gasteiger partial charge in [-0.1, -0.05) is 23.2 Å². The van der Waals surface area contributed by atoms with Gasteiger partial charge in [-0.3, -0.25) is 4.68 Å². The molecule has 1 unspecified atom stereocenters. The zero-order valence-corrected chi connectivity index (χ0v) is 14.7. The predicted octanol–water partition coefficient (Wildman–Crippen LogP) is 4.64. The second kappa shape index (κ2) is 6.21. The van der Waals surface area contributed by atoms with Gasteiger partial charge in [0.15, 0.2) is 0 Å². The minimum atomic E-state index is -4.77. The number of hydrogen-bond donors (Lipinski definition) is 1. The van der Waals surface area contributed by atoms with Crippen LogP contribution in [-0.2, 0) is 17.4 Å². The Labute approximate surface area is 155 Å². The molecular formula is C16H11Cl2F3N2O3. The van der Waals surface area contributed by atoms with Crippen molar-refractivity contribution < 1.29 is 27.8 Å². The molecule has 0 saturated heterocycles. The molecule has 0 radical (unpaired) electrons. The summed E-state index contributed by atoms with van der Waals surface area (Å²) in [6, 6.07) is 4.78. The fourth-order valence-corrected chi connectivity index (χ4v) is 3.31. The summed E-state index contributed by atoms with van der Waals surface area (Å²) < 4.78 is 47.9. The quantitative estimate of drug-likeness (QED) is 0.805. The lowest BCUT2D eigenvalue weighted by Gasteiger charge is -2.32. The van der Waals surface area contributed by atoms with Gasteiger partial charge in [-0.2, -0.15) is 18.3 Å². The van der Waals surface area contributed by atoms with Crippen molar-refractivity contribution in [3.05, 3.63) is 57.5 Å². The predicted molar refractivity (Wildman–Crippen MR) is 88.0 cm³/mol. The van der Waals surface area contributed by atoms with Crippen LogP contribution in [0.1, 0.15) is 28.2 Å². The van der Waals surface area contributed by atoms with Crippen molar-refractivity contribution in [3.63, 3.8) is 0 Å². The minimum Gasteiger partial charge on any atom is -0.480 e. The topological polar surface area (TPSA) is 64.4 Å². The fraction of sp³-hybridized carbons (Fsp3) is 0.250. The average molecular weight is 407 g/mol. The Kier molecular flexibility index (Phi) is 4.44. The lowest BCUT2D eigenvalue weighted by atomic mass is 9.87. The molecule has 2 heterocycles. The van der Waals surface area contributed by atoms with Crippen molar-refractivity contribution in [2.45, 2.75) is 18.2 Å². The van der Waals surface area contributed by atoms with Gasteiger partial charge in [0.05, 0.1) is 12.0 Å². The van der Waals surface area contributed by atoms with Crippen molar-refractivity contribution in [3.8, 4) is 0 Å². The first-order chi connectivity index (χ1) is 12.0. The summed E-state index contributed by atoms with van der Waals surface area (Å²) in [5.41, 5.74) is -2.89. The van der Waals surface area contributed by atoms with E-state index in [-0.39, 0.29) is 32.6 Å². The van der Waals surface area contributed by atoms with Gasteiger partial charge in [0.2, 0.25) is 5.60 Å². The molecule has 0 amide bonds. The molecule has 2 aromatic rings. The molecule has 1 aromatic heterocycles. The first-order valence-electron chi connectivity index (χ1n) is 7.21. The summed E-state index contributed by atoms with van der Waals surface area (Å²) in [5.74, 6) is -1.24. The largest absolute Gasteiger partial charge is 0.480 e. The van der Waals surface area contributed by atoms with E-state index in [1.165, 1.54) is 19.2 Å². The van der Waals surface area contributed by atoms with Gasteiger partial charge in [-0.05, 0) is 24.3 Å². The Hall–Kier alpha value is -2.19. The molecule has 1 aliphatic heterocycles. The number of rotatable bonds is 3. The van der Waals surface area contributed by atoms with Crippen molar-refractivity contribution in [1.29, 1.82) is 0 Å². The highest BCUT2D eigenvalue weighted by atomic mass is 35.5. The number of aromatic carboxylic acids is 1. The third-order valence-corrected chi connectivity index (χ3v) is 4.49. The third kappa shape index (κ3) is 3.03. The van der Waals surface area contributed by atoms with Crippen molar-refractivity contribution in [1.82, 2.24) is 9.78 Å². The van der Waals surface area contributed by atoms with Gasteiger partial charge in [0.1, 0.15) is 5.69 Å². The number of hydrogen-bond acceptors (Lipinski definition) is 3. The molecular weight excluding hydrogens is 396 g/mol. The Balaban J connectivity index is 2.04. The molecule has 1 N–H and O–H groups in total. The van der Waals surface area contributed by atoms with Crippen LogP contribution in [0.2, 0.25) is 10.0 Å². The Morgan fingerprint density at radius 1 is 1.27 bits per heavy atom. The van der Waals surface area contributed by atoms with Gasteiger partial charge in [-0.15, -0.1) is 0 Å². The van der Waals surface area contributed by atoms with Crippen LogP contribution in [-0.4, -0.2) is 27.0 Å². The van der Waals surface area contributed by atoms with E-state index in [4.69, 9.17) is 33.0 Å².